The normalized spacial score (nSPS) is 18.2. The highest BCUT2D eigenvalue weighted by molar-refractivity contribution is 5.60. The van der Waals surface area contributed by atoms with Gasteiger partial charge in [0.25, 0.3) is 5.56 Å². The maximum atomic E-state index is 13.0. The molecule has 26 heavy (non-hydrogen) atoms. The molecule has 0 amide bonds. The van der Waals surface area contributed by atoms with Crippen LogP contribution >= 0.6 is 0 Å². The van der Waals surface area contributed by atoms with Crippen LogP contribution in [0.5, 0.6) is 5.75 Å². The van der Waals surface area contributed by atoms with Gasteiger partial charge in [-0.25, -0.2) is 0 Å². The van der Waals surface area contributed by atoms with E-state index < -0.39 is 0 Å². The van der Waals surface area contributed by atoms with E-state index in [-0.39, 0.29) is 11.2 Å². The Morgan fingerprint density at radius 1 is 1.31 bits per heavy atom. The Morgan fingerprint density at radius 3 is 2.73 bits per heavy atom. The molecule has 4 nitrogen and oxygen atoms in total. The summed E-state index contributed by atoms with van der Waals surface area (Å²) in [5.41, 5.74) is 3.49. The van der Waals surface area contributed by atoms with Crippen molar-refractivity contribution in [3.8, 4) is 5.75 Å². The van der Waals surface area contributed by atoms with Gasteiger partial charge >= 0.3 is 0 Å². The Balaban J connectivity index is 1.88. The molecule has 0 N–H and O–H groups in total. The van der Waals surface area contributed by atoms with E-state index in [4.69, 9.17) is 4.74 Å². The van der Waals surface area contributed by atoms with E-state index in [9.17, 15) is 4.79 Å². The van der Waals surface area contributed by atoms with Crippen LogP contribution < -0.4 is 10.3 Å². The molecule has 2 aromatic heterocycles. The van der Waals surface area contributed by atoms with Gasteiger partial charge in [-0.3, -0.25) is 9.78 Å². The van der Waals surface area contributed by atoms with Gasteiger partial charge in [-0.2, -0.15) is 0 Å². The fourth-order valence-electron chi connectivity index (χ4n) is 3.19. The first-order valence-corrected chi connectivity index (χ1v) is 9.03. The van der Waals surface area contributed by atoms with Crippen LogP contribution in [-0.2, 0) is 6.54 Å². The number of hydrogen-bond acceptors (Lipinski definition) is 3. The fourth-order valence-corrected chi connectivity index (χ4v) is 3.19. The maximum absolute atomic E-state index is 13.0. The minimum Gasteiger partial charge on any atom is -0.483 e. The molecule has 3 rings (SSSR count). The van der Waals surface area contributed by atoms with Crippen molar-refractivity contribution in [1.82, 2.24) is 9.55 Å². The summed E-state index contributed by atoms with van der Waals surface area (Å²) in [6, 6.07) is 5.83. The zero-order valence-electron chi connectivity index (χ0n) is 16.0. The topological polar surface area (TPSA) is 44.1 Å². The molecule has 0 fully saturated rings. The summed E-state index contributed by atoms with van der Waals surface area (Å²) in [6.07, 6.45) is 11.5. The van der Waals surface area contributed by atoms with Gasteiger partial charge in [0.2, 0.25) is 0 Å². The van der Waals surface area contributed by atoms with Crippen molar-refractivity contribution >= 4 is 6.08 Å². The molecular weight excluding hydrogens is 324 g/mol. The van der Waals surface area contributed by atoms with Crippen molar-refractivity contribution in [3.05, 3.63) is 75.5 Å². The summed E-state index contributed by atoms with van der Waals surface area (Å²) in [7, 11) is 0. The molecule has 0 saturated carbocycles. The third kappa shape index (κ3) is 3.96. The number of aryl methyl sites for hydroxylation is 1. The van der Waals surface area contributed by atoms with Crippen LogP contribution in [0.3, 0.4) is 0 Å². The quantitative estimate of drug-likeness (QED) is 0.745. The number of rotatable bonds is 5. The average molecular weight is 350 g/mol. The van der Waals surface area contributed by atoms with E-state index in [1.54, 1.807) is 17.0 Å². The number of pyridine rings is 2. The van der Waals surface area contributed by atoms with Gasteiger partial charge in [0, 0.05) is 24.2 Å². The third-order valence-electron chi connectivity index (χ3n) is 4.74. The minimum absolute atomic E-state index is 0.0144. The first-order valence-electron chi connectivity index (χ1n) is 9.03. The van der Waals surface area contributed by atoms with E-state index in [1.807, 2.05) is 37.3 Å². The monoisotopic (exact) mass is 350 g/mol. The molecule has 0 unspecified atom stereocenters. The van der Waals surface area contributed by atoms with Gasteiger partial charge in [-0.15, -0.1) is 0 Å². The molecule has 1 aliphatic heterocycles. The van der Waals surface area contributed by atoms with Crippen molar-refractivity contribution in [2.75, 3.05) is 0 Å². The smallest absolute Gasteiger partial charge is 0.262 e. The van der Waals surface area contributed by atoms with Gasteiger partial charge in [-0.05, 0) is 70.4 Å². The van der Waals surface area contributed by atoms with Gasteiger partial charge < -0.3 is 9.30 Å². The molecular formula is C22H26N2O2. The number of hydrogen-bond donors (Lipinski definition) is 0. The lowest BCUT2D eigenvalue weighted by Crippen LogP contribution is -2.35. The molecule has 0 bridgehead atoms. The zero-order chi connectivity index (χ0) is 18.7. The van der Waals surface area contributed by atoms with E-state index in [0.717, 1.165) is 24.1 Å². The van der Waals surface area contributed by atoms with E-state index in [0.29, 0.717) is 17.9 Å². The van der Waals surface area contributed by atoms with Crippen LogP contribution in [0.2, 0.25) is 0 Å². The second-order valence-corrected chi connectivity index (χ2v) is 7.38. The van der Waals surface area contributed by atoms with Gasteiger partial charge in [0.05, 0.1) is 12.1 Å². The number of allylic oxidation sites excluding steroid dienone is 2. The van der Waals surface area contributed by atoms with Crippen molar-refractivity contribution in [2.45, 2.75) is 52.7 Å². The molecule has 1 atom stereocenters. The Kier molecular flexibility index (Phi) is 5.12. The van der Waals surface area contributed by atoms with Crippen LogP contribution in [0.25, 0.3) is 6.08 Å². The highest BCUT2D eigenvalue weighted by Crippen LogP contribution is 2.32. The SMILES string of the molecule is CC(C)=CCC[C@@]1(C)C=Cc2c(cc(C)n(Cc3ccncc3)c2=O)O1. The minimum atomic E-state index is -0.380. The summed E-state index contributed by atoms with van der Waals surface area (Å²) < 4.78 is 8.01. The van der Waals surface area contributed by atoms with Crippen LogP contribution in [0.1, 0.15) is 50.4 Å². The molecule has 0 spiro atoms. The third-order valence-corrected chi connectivity index (χ3v) is 4.74. The summed E-state index contributed by atoms with van der Waals surface area (Å²) in [4.78, 5) is 17.0. The summed E-state index contributed by atoms with van der Waals surface area (Å²) in [5, 5.41) is 0. The summed E-state index contributed by atoms with van der Waals surface area (Å²) in [5.74, 6) is 0.681. The van der Waals surface area contributed by atoms with Crippen molar-refractivity contribution < 1.29 is 4.74 Å². The van der Waals surface area contributed by atoms with E-state index in [1.165, 1.54) is 5.57 Å². The molecule has 0 aromatic carbocycles. The van der Waals surface area contributed by atoms with Crippen LogP contribution in [0.4, 0.5) is 0 Å². The number of fused-ring (bicyclic) bond motifs is 1. The molecule has 0 saturated heterocycles. The van der Waals surface area contributed by atoms with Gasteiger partial charge in [0.1, 0.15) is 11.4 Å². The number of nitrogens with zero attached hydrogens (tertiary/aromatic N) is 2. The number of ether oxygens (including phenoxy) is 1. The van der Waals surface area contributed by atoms with Crippen LogP contribution in [0.15, 0.2) is 53.1 Å². The van der Waals surface area contributed by atoms with E-state index >= 15 is 0 Å². The lowest BCUT2D eigenvalue weighted by Gasteiger charge is -2.32. The maximum Gasteiger partial charge on any atom is 0.262 e. The Hall–Kier alpha value is -2.62. The first-order chi connectivity index (χ1) is 12.4. The predicted molar refractivity (Wildman–Crippen MR) is 106 cm³/mol. The molecule has 136 valence electrons. The molecule has 0 aliphatic carbocycles. The first kappa shape index (κ1) is 18.2. The lowest BCUT2D eigenvalue weighted by molar-refractivity contribution is 0.128. The second-order valence-electron chi connectivity index (χ2n) is 7.38. The summed E-state index contributed by atoms with van der Waals surface area (Å²) >= 11 is 0. The molecule has 4 heteroatoms. The van der Waals surface area contributed by atoms with Crippen molar-refractivity contribution in [1.29, 1.82) is 0 Å². The molecule has 0 radical (unpaired) electrons. The molecule has 1 aliphatic rings. The lowest BCUT2D eigenvalue weighted by atomic mass is 9.95. The second kappa shape index (κ2) is 7.32. The average Bonchev–Trinajstić information content (AvgIpc) is 2.59. The van der Waals surface area contributed by atoms with Crippen LogP contribution in [-0.4, -0.2) is 15.2 Å². The Morgan fingerprint density at radius 2 is 2.04 bits per heavy atom. The van der Waals surface area contributed by atoms with Gasteiger partial charge in [0.15, 0.2) is 0 Å². The molecule has 2 aromatic rings. The van der Waals surface area contributed by atoms with Crippen molar-refractivity contribution in [3.63, 3.8) is 0 Å². The van der Waals surface area contributed by atoms with Gasteiger partial charge in [-0.1, -0.05) is 11.6 Å². The Labute approximate surface area is 154 Å². The predicted octanol–water partition coefficient (Wildman–Crippen LogP) is 4.51. The largest absolute Gasteiger partial charge is 0.483 e. The van der Waals surface area contributed by atoms with Crippen molar-refractivity contribution in [2.24, 2.45) is 0 Å². The highest BCUT2D eigenvalue weighted by Gasteiger charge is 2.28. The zero-order valence-corrected chi connectivity index (χ0v) is 16.0. The molecule has 3 heterocycles. The Bertz CT molecular complexity index is 906. The van der Waals surface area contributed by atoms with E-state index in [2.05, 4.69) is 31.8 Å². The standard InChI is InChI=1S/C22H26N2O2/c1-16(2)6-5-10-22(4)11-7-19-20(26-22)14-17(3)24(21(19)25)15-18-8-12-23-13-9-18/h6-9,11-14H,5,10,15H2,1-4H3/t22-/m0/s1. The summed E-state index contributed by atoms with van der Waals surface area (Å²) in [6.45, 7) is 8.76. The number of aromatic nitrogens is 2. The van der Waals surface area contributed by atoms with Crippen LogP contribution in [0, 0.1) is 6.92 Å². The fraction of sp³-hybridized carbons (Fsp3) is 0.364. The highest BCUT2D eigenvalue weighted by atomic mass is 16.5.